The largest absolute Gasteiger partial charge is 0.381 e. The number of carbonyl (C=O) groups is 1. The maximum Gasteiger partial charge on any atom is 0.226 e. The van der Waals surface area contributed by atoms with E-state index in [1.54, 1.807) is 0 Å². The van der Waals surface area contributed by atoms with Crippen molar-refractivity contribution in [3.05, 3.63) is 0 Å². The lowest BCUT2D eigenvalue weighted by molar-refractivity contribution is -0.146. The molecule has 0 radical (unpaired) electrons. The number of hydrogen-bond acceptors (Lipinski definition) is 4. The summed E-state index contributed by atoms with van der Waals surface area (Å²) in [5.74, 6) is 0.430. The molecule has 2 aliphatic heterocycles. The van der Waals surface area contributed by atoms with Gasteiger partial charge in [-0.1, -0.05) is 0 Å². The van der Waals surface area contributed by atoms with Crippen molar-refractivity contribution in [2.45, 2.75) is 25.4 Å². The molecule has 2 heterocycles. The van der Waals surface area contributed by atoms with Crippen LogP contribution in [0.15, 0.2) is 0 Å². The van der Waals surface area contributed by atoms with Crippen molar-refractivity contribution < 1.29 is 14.3 Å². The fourth-order valence-corrected chi connectivity index (χ4v) is 2.48. The average molecular weight is 242 g/mol. The number of carbonyl (C=O) groups excluding carboxylic acids is 1. The van der Waals surface area contributed by atoms with Crippen molar-refractivity contribution >= 4 is 5.91 Å². The summed E-state index contributed by atoms with van der Waals surface area (Å²) in [4.78, 5) is 14.2. The first-order valence-corrected chi connectivity index (χ1v) is 6.49. The number of nitrogens with zero attached hydrogens (tertiary/aromatic N) is 1. The Bertz CT molecular complexity index is 252. The van der Waals surface area contributed by atoms with Gasteiger partial charge in [0.2, 0.25) is 5.91 Å². The second-order valence-corrected chi connectivity index (χ2v) is 4.74. The molecular weight excluding hydrogens is 220 g/mol. The molecule has 1 amide bonds. The number of amides is 1. The number of ether oxygens (including phenoxy) is 2. The quantitative estimate of drug-likeness (QED) is 0.756. The van der Waals surface area contributed by atoms with Gasteiger partial charge in [-0.3, -0.25) is 4.79 Å². The van der Waals surface area contributed by atoms with E-state index in [-0.39, 0.29) is 17.9 Å². The lowest BCUT2D eigenvalue weighted by Crippen LogP contribution is -2.49. The molecule has 2 N–H and O–H groups in total. The second-order valence-electron chi connectivity index (χ2n) is 4.74. The van der Waals surface area contributed by atoms with E-state index < -0.39 is 0 Å². The molecule has 0 aromatic carbocycles. The topological polar surface area (TPSA) is 64.8 Å². The van der Waals surface area contributed by atoms with Crippen LogP contribution in [0, 0.1) is 5.92 Å². The first-order valence-electron chi connectivity index (χ1n) is 6.49. The smallest absolute Gasteiger partial charge is 0.226 e. The summed E-state index contributed by atoms with van der Waals surface area (Å²) < 4.78 is 10.9. The summed E-state index contributed by atoms with van der Waals surface area (Å²) in [6, 6.07) is 0. The van der Waals surface area contributed by atoms with Crippen LogP contribution in [-0.4, -0.2) is 56.4 Å². The second kappa shape index (κ2) is 6.33. The number of morpholine rings is 1. The number of hydrogen-bond donors (Lipinski definition) is 1. The molecule has 2 saturated heterocycles. The Kier molecular flexibility index (Phi) is 4.76. The third kappa shape index (κ3) is 3.40. The molecule has 2 fully saturated rings. The highest BCUT2D eigenvalue weighted by Crippen LogP contribution is 2.19. The number of rotatable bonds is 3. The van der Waals surface area contributed by atoms with Gasteiger partial charge in [0.15, 0.2) is 0 Å². The Morgan fingerprint density at radius 3 is 2.76 bits per heavy atom. The Labute approximate surface area is 102 Å². The molecule has 0 aliphatic carbocycles. The zero-order valence-electron chi connectivity index (χ0n) is 10.3. The van der Waals surface area contributed by atoms with Gasteiger partial charge in [-0.2, -0.15) is 0 Å². The van der Waals surface area contributed by atoms with E-state index in [2.05, 4.69) is 0 Å². The predicted molar refractivity (Wildman–Crippen MR) is 63.5 cm³/mol. The van der Waals surface area contributed by atoms with Crippen molar-refractivity contribution in [2.24, 2.45) is 11.7 Å². The van der Waals surface area contributed by atoms with E-state index in [1.807, 2.05) is 4.90 Å². The minimum atomic E-state index is 0.123. The van der Waals surface area contributed by atoms with E-state index in [1.165, 1.54) is 0 Å². The van der Waals surface area contributed by atoms with Gasteiger partial charge in [0.25, 0.3) is 0 Å². The highest BCUT2D eigenvalue weighted by molar-refractivity contribution is 5.79. The zero-order chi connectivity index (χ0) is 12.1. The van der Waals surface area contributed by atoms with Crippen LogP contribution < -0.4 is 5.73 Å². The highest BCUT2D eigenvalue weighted by Gasteiger charge is 2.29. The van der Waals surface area contributed by atoms with E-state index in [4.69, 9.17) is 15.2 Å². The van der Waals surface area contributed by atoms with Gasteiger partial charge < -0.3 is 20.1 Å². The molecule has 0 aromatic heterocycles. The maximum atomic E-state index is 12.3. The van der Waals surface area contributed by atoms with Gasteiger partial charge in [-0.05, 0) is 25.8 Å². The number of nitrogens with two attached hydrogens (primary N) is 1. The van der Waals surface area contributed by atoms with Crippen LogP contribution in [-0.2, 0) is 14.3 Å². The summed E-state index contributed by atoms with van der Waals surface area (Å²) in [6.45, 7) is 4.11. The SMILES string of the molecule is NCCC1CN(C(=O)C2CCOCC2)CCO1. The van der Waals surface area contributed by atoms with Gasteiger partial charge in [-0.15, -0.1) is 0 Å². The minimum Gasteiger partial charge on any atom is -0.381 e. The van der Waals surface area contributed by atoms with E-state index in [9.17, 15) is 4.79 Å². The minimum absolute atomic E-state index is 0.123. The molecule has 0 saturated carbocycles. The van der Waals surface area contributed by atoms with E-state index >= 15 is 0 Å². The Hall–Kier alpha value is -0.650. The molecule has 2 rings (SSSR count). The summed E-state index contributed by atoms with van der Waals surface area (Å²) >= 11 is 0. The molecule has 1 atom stereocenters. The van der Waals surface area contributed by atoms with Crippen molar-refractivity contribution in [1.29, 1.82) is 0 Å². The highest BCUT2D eigenvalue weighted by atomic mass is 16.5. The molecule has 2 aliphatic rings. The fourth-order valence-electron chi connectivity index (χ4n) is 2.48. The average Bonchev–Trinajstić information content (AvgIpc) is 2.40. The zero-order valence-corrected chi connectivity index (χ0v) is 10.3. The van der Waals surface area contributed by atoms with Crippen LogP contribution >= 0.6 is 0 Å². The van der Waals surface area contributed by atoms with Crippen LogP contribution in [0.1, 0.15) is 19.3 Å². The lowest BCUT2D eigenvalue weighted by atomic mass is 9.98. The van der Waals surface area contributed by atoms with Crippen molar-refractivity contribution in [3.63, 3.8) is 0 Å². The molecule has 17 heavy (non-hydrogen) atoms. The van der Waals surface area contributed by atoms with Gasteiger partial charge >= 0.3 is 0 Å². The standard InChI is InChI=1S/C12H22N2O3/c13-4-1-11-9-14(5-8-17-11)12(15)10-2-6-16-7-3-10/h10-11H,1-9,13H2. The van der Waals surface area contributed by atoms with Gasteiger partial charge in [-0.25, -0.2) is 0 Å². The third-order valence-corrected chi connectivity index (χ3v) is 3.51. The molecule has 1 unspecified atom stereocenters. The first kappa shape index (κ1) is 12.8. The van der Waals surface area contributed by atoms with Crippen molar-refractivity contribution in [2.75, 3.05) is 39.5 Å². The fraction of sp³-hybridized carbons (Fsp3) is 0.917. The molecule has 98 valence electrons. The lowest BCUT2D eigenvalue weighted by Gasteiger charge is -2.35. The normalized spacial score (nSPS) is 27.1. The van der Waals surface area contributed by atoms with Gasteiger partial charge in [0, 0.05) is 32.2 Å². The molecule has 0 aromatic rings. The molecule has 5 nitrogen and oxygen atoms in total. The van der Waals surface area contributed by atoms with Crippen LogP contribution in [0.4, 0.5) is 0 Å². The summed E-state index contributed by atoms with van der Waals surface area (Å²) in [6.07, 6.45) is 2.67. The van der Waals surface area contributed by atoms with Gasteiger partial charge in [0.1, 0.15) is 0 Å². The van der Waals surface area contributed by atoms with Crippen LogP contribution in [0.2, 0.25) is 0 Å². The molecule has 5 heteroatoms. The first-order chi connectivity index (χ1) is 8.31. The molecule has 0 bridgehead atoms. The maximum absolute atomic E-state index is 12.3. The van der Waals surface area contributed by atoms with Crippen LogP contribution in [0.3, 0.4) is 0 Å². The summed E-state index contributed by atoms with van der Waals surface area (Å²) in [5.41, 5.74) is 5.52. The third-order valence-electron chi connectivity index (χ3n) is 3.51. The van der Waals surface area contributed by atoms with Gasteiger partial charge in [0.05, 0.1) is 12.7 Å². The summed E-state index contributed by atoms with van der Waals surface area (Å²) in [5, 5.41) is 0. The van der Waals surface area contributed by atoms with Crippen molar-refractivity contribution in [1.82, 2.24) is 4.90 Å². The van der Waals surface area contributed by atoms with Crippen LogP contribution in [0.5, 0.6) is 0 Å². The Morgan fingerprint density at radius 1 is 1.29 bits per heavy atom. The summed E-state index contributed by atoms with van der Waals surface area (Å²) in [7, 11) is 0. The Morgan fingerprint density at radius 2 is 2.06 bits per heavy atom. The molecular formula is C12H22N2O3. The monoisotopic (exact) mass is 242 g/mol. The van der Waals surface area contributed by atoms with E-state index in [0.29, 0.717) is 32.9 Å². The van der Waals surface area contributed by atoms with E-state index in [0.717, 1.165) is 25.8 Å². The van der Waals surface area contributed by atoms with Crippen molar-refractivity contribution in [3.8, 4) is 0 Å². The molecule has 0 spiro atoms. The van der Waals surface area contributed by atoms with Crippen LogP contribution in [0.25, 0.3) is 0 Å². The predicted octanol–water partition coefficient (Wildman–Crippen LogP) is -0.0108. The Balaban J connectivity index is 1.85.